The molecule has 22 heavy (non-hydrogen) atoms. The second-order valence-electron chi connectivity index (χ2n) is 4.84. The molecule has 5 heteroatoms. The van der Waals surface area contributed by atoms with Crippen molar-refractivity contribution in [2.24, 2.45) is 0 Å². The third kappa shape index (κ3) is 4.38. The molecule has 0 spiro atoms. The van der Waals surface area contributed by atoms with Gasteiger partial charge < -0.3 is 5.32 Å². The van der Waals surface area contributed by atoms with E-state index in [2.05, 4.69) is 5.32 Å². The van der Waals surface area contributed by atoms with Gasteiger partial charge in [-0.25, -0.2) is 8.78 Å². The minimum Gasteiger partial charge on any atom is -0.348 e. The van der Waals surface area contributed by atoms with Gasteiger partial charge in [0.25, 0.3) is 0 Å². The first-order chi connectivity index (χ1) is 10.6. The Hall–Kier alpha value is -2.74. The summed E-state index contributed by atoms with van der Waals surface area (Å²) >= 11 is 0. The topological polar surface area (TPSA) is 52.9 Å². The molecule has 0 heterocycles. The van der Waals surface area contributed by atoms with E-state index < -0.39 is 17.8 Å². The zero-order valence-electron chi connectivity index (χ0n) is 11.7. The molecule has 2 aromatic rings. The van der Waals surface area contributed by atoms with Crippen LogP contribution in [0, 0.1) is 23.0 Å². The quantitative estimate of drug-likeness (QED) is 0.921. The van der Waals surface area contributed by atoms with Gasteiger partial charge in [-0.3, -0.25) is 4.79 Å². The van der Waals surface area contributed by atoms with E-state index in [0.29, 0.717) is 17.5 Å². The summed E-state index contributed by atoms with van der Waals surface area (Å²) in [7, 11) is 0. The first-order valence-electron chi connectivity index (χ1n) is 6.74. The predicted octanol–water partition coefficient (Wildman–Crippen LogP) is 3.28. The smallest absolute Gasteiger partial charge is 0.234 e. The van der Waals surface area contributed by atoms with Crippen molar-refractivity contribution in [1.82, 2.24) is 5.32 Å². The van der Waals surface area contributed by atoms with E-state index in [1.54, 1.807) is 30.3 Å². The number of carbonyl (C=O) groups is 1. The SMILES string of the molecule is N#CCC(=O)N[C@H](Cc1cccc(F)c1)c1cccc(F)c1. The van der Waals surface area contributed by atoms with Crippen molar-refractivity contribution in [3.63, 3.8) is 0 Å². The zero-order valence-corrected chi connectivity index (χ0v) is 11.7. The Balaban J connectivity index is 2.25. The largest absolute Gasteiger partial charge is 0.348 e. The zero-order chi connectivity index (χ0) is 15.9. The Morgan fingerprint density at radius 3 is 2.45 bits per heavy atom. The lowest BCUT2D eigenvalue weighted by Gasteiger charge is -2.19. The standard InChI is InChI=1S/C17H14F2N2O/c18-14-5-1-3-12(9-14)10-16(21-17(22)7-8-20)13-4-2-6-15(19)11-13/h1-6,9,11,16H,7,10H2,(H,21,22)/t16-/m1/s1. The first kappa shape index (κ1) is 15.6. The van der Waals surface area contributed by atoms with Crippen LogP contribution in [0.15, 0.2) is 48.5 Å². The van der Waals surface area contributed by atoms with E-state index in [0.717, 1.165) is 0 Å². The Morgan fingerprint density at radius 1 is 1.14 bits per heavy atom. The van der Waals surface area contributed by atoms with Crippen molar-refractivity contribution in [2.75, 3.05) is 0 Å². The molecule has 0 unspecified atom stereocenters. The average Bonchev–Trinajstić information content (AvgIpc) is 2.47. The van der Waals surface area contributed by atoms with Gasteiger partial charge in [0.15, 0.2) is 0 Å². The van der Waals surface area contributed by atoms with Crippen LogP contribution in [-0.4, -0.2) is 5.91 Å². The van der Waals surface area contributed by atoms with Gasteiger partial charge in [0, 0.05) is 0 Å². The highest BCUT2D eigenvalue weighted by Gasteiger charge is 2.16. The van der Waals surface area contributed by atoms with E-state index in [-0.39, 0.29) is 12.2 Å². The summed E-state index contributed by atoms with van der Waals surface area (Å²) < 4.78 is 26.7. The van der Waals surface area contributed by atoms with Crippen molar-refractivity contribution in [3.05, 3.63) is 71.3 Å². The van der Waals surface area contributed by atoms with Gasteiger partial charge in [-0.1, -0.05) is 24.3 Å². The van der Waals surface area contributed by atoms with Crippen molar-refractivity contribution in [3.8, 4) is 6.07 Å². The number of hydrogen-bond donors (Lipinski definition) is 1. The molecule has 0 aliphatic heterocycles. The van der Waals surface area contributed by atoms with Gasteiger partial charge in [0.05, 0.1) is 12.1 Å². The molecule has 0 saturated heterocycles. The lowest BCUT2D eigenvalue weighted by molar-refractivity contribution is -0.120. The number of halogens is 2. The van der Waals surface area contributed by atoms with Crippen LogP contribution < -0.4 is 5.32 Å². The second-order valence-corrected chi connectivity index (χ2v) is 4.84. The Labute approximate surface area is 127 Å². The maximum atomic E-state index is 13.4. The van der Waals surface area contributed by atoms with E-state index in [1.807, 2.05) is 0 Å². The number of benzene rings is 2. The third-order valence-corrected chi connectivity index (χ3v) is 3.15. The maximum absolute atomic E-state index is 13.4. The molecule has 0 aromatic heterocycles. The molecule has 1 atom stereocenters. The molecule has 1 N–H and O–H groups in total. The Morgan fingerprint density at radius 2 is 1.82 bits per heavy atom. The maximum Gasteiger partial charge on any atom is 0.234 e. The van der Waals surface area contributed by atoms with Crippen molar-refractivity contribution in [1.29, 1.82) is 5.26 Å². The summed E-state index contributed by atoms with van der Waals surface area (Å²) in [6.45, 7) is 0. The fourth-order valence-corrected chi connectivity index (χ4v) is 2.19. The summed E-state index contributed by atoms with van der Waals surface area (Å²) in [6.07, 6.45) is 0.0212. The normalized spacial score (nSPS) is 11.5. The second kappa shape index (κ2) is 7.32. The lowest BCUT2D eigenvalue weighted by atomic mass is 9.98. The first-order valence-corrected chi connectivity index (χ1v) is 6.74. The van der Waals surface area contributed by atoms with Gasteiger partial charge in [-0.2, -0.15) is 5.26 Å². The fraction of sp³-hybridized carbons (Fsp3) is 0.176. The Bertz CT molecular complexity index is 710. The molecule has 0 fully saturated rings. The van der Waals surface area contributed by atoms with Crippen LogP contribution in [0.3, 0.4) is 0 Å². The lowest BCUT2D eigenvalue weighted by Crippen LogP contribution is -2.29. The third-order valence-electron chi connectivity index (χ3n) is 3.15. The molecule has 2 aromatic carbocycles. The monoisotopic (exact) mass is 300 g/mol. The fourth-order valence-electron chi connectivity index (χ4n) is 2.19. The molecule has 3 nitrogen and oxygen atoms in total. The van der Waals surface area contributed by atoms with Gasteiger partial charge in [0.2, 0.25) is 5.91 Å². The van der Waals surface area contributed by atoms with E-state index in [1.165, 1.54) is 24.3 Å². The molecular weight excluding hydrogens is 286 g/mol. The minimum atomic E-state index is -0.529. The number of rotatable bonds is 5. The molecule has 0 radical (unpaired) electrons. The number of nitrogens with one attached hydrogen (secondary N) is 1. The summed E-state index contributed by atoms with van der Waals surface area (Å²) in [5, 5.41) is 11.2. The van der Waals surface area contributed by atoms with Crippen LogP contribution in [0.5, 0.6) is 0 Å². The van der Waals surface area contributed by atoms with Crippen LogP contribution >= 0.6 is 0 Å². The molecule has 0 saturated carbocycles. The van der Waals surface area contributed by atoms with Crippen LogP contribution in [0.1, 0.15) is 23.6 Å². The molecule has 0 aliphatic carbocycles. The molecular formula is C17H14F2N2O. The minimum absolute atomic E-state index is 0.283. The number of carbonyl (C=O) groups excluding carboxylic acids is 1. The van der Waals surface area contributed by atoms with E-state index in [9.17, 15) is 13.6 Å². The average molecular weight is 300 g/mol. The van der Waals surface area contributed by atoms with Crippen molar-refractivity contribution in [2.45, 2.75) is 18.9 Å². The highest BCUT2D eigenvalue weighted by Crippen LogP contribution is 2.20. The van der Waals surface area contributed by atoms with Crippen LogP contribution in [0.2, 0.25) is 0 Å². The highest BCUT2D eigenvalue weighted by atomic mass is 19.1. The van der Waals surface area contributed by atoms with Crippen molar-refractivity contribution >= 4 is 5.91 Å². The van der Waals surface area contributed by atoms with Crippen molar-refractivity contribution < 1.29 is 13.6 Å². The summed E-state index contributed by atoms with van der Waals surface area (Å²) in [4.78, 5) is 11.7. The molecule has 1 amide bonds. The molecule has 0 aliphatic rings. The predicted molar refractivity (Wildman–Crippen MR) is 77.6 cm³/mol. The highest BCUT2D eigenvalue weighted by molar-refractivity contribution is 5.78. The van der Waals surface area contributed by atoms with Crippen LogP contribution in [-0.2, 0) is 11.2 Å². The van der Waals surface area contributed by atoms with Crippen LogP contribution in [0.4, 0.5) is 8.78 Å². The van der Waals surface area contributed by atoms with Gasteiger partial charge in [-0.05, 0) is 41.8 Å². The van der Waals surface area contributed by atoms with Gasteiger partial charge in [-0.15, -0.1) is 0 Å². The number of nitriles is 1. The Kier molecular flexibility index (Phi) is 5.21. The summed E-state index contributed by atoms with van der Waals surface area (Å²) in [5.41, 5.74) is 1.24. The number of hydrogen-bond acceptors (Lipinski definition) is 2. The molecule has 2 rings (SSSR count). The van der Waals surface area contributed by atoms with Gasteiger partial charge >= 0.3 is 0 Å². The van der Waals surface area contributed by atoms with E-state index >= 15 is 0 Å². The number of nitrogens with zero attached hydrogens (tertiary/aromatic N) is 1. The molecule has 112 valence electrons. The number of amides is 1. The van der Waals surface area contributed by atoms with E-state index in [4.69, 9.17) is 5.26 Å². The summed E-state index contributed by atoms with van der Waals surface area (Å²) in [5.74, 6) is -1.25. The summed E-state index contributed by atoms with van der Waals surface area (Å²) in [6, 6.07) is 13.1. The van der Waals surface area contributed by atoms with Gasteiger partial charge in [0.1, 0.15) is 18.1 Å². The van der Waals surface area contributed by atoms with Crippen LogP contribution in [0.25, 0.3) is 0 Å². The molecule has 0 bridgehead atoms.